The number of ether oxygens (including phenoxy) is 2. The van der Waals surface area contributed by atoms with Crippen molar-refractivity contribution in [1.29, 1.82) is 0 Å². The topological polar surface area (TPSA) is 30.5 Å². The van der Waals surface area contributed by atoms with E-state index in [1.165, 1.54) is 24.8 Å². The molecule has 0 bridgehead atoms. The summed E-state index contributed by atoms with van der Waals surface area (Å²) in [5, 5.41) is 3.47. The highest BCUT2D eigenvalue weighted by atomic mass is 16.5. The van der Waals surface area contributed by atoms with Crippen LogP contribution in [0.15, 0.2) is 48.5 Å². The van der Waals surface area contributed by atoms with E-state index in [1.54, 1.807) is 0 Å². The first kappa shape index (κ1) is 21.1. The Labute approximate surface area is 165 Å². The first-order valence-electron chi connectivity index (χ1n) is 10.4. The number of rotatable bonds is 13. The van der Waals surface area contributed by atoms with Gasteiger partial charge >= 0.3 is 0 Å². The van der Waals surface area contributed by atoms with Crippen LogP contribution in [-0.4, -0.2) is 13.2 Å². The molecule has 0 atom stereocenters. The highest BCUT2D eigenvalue weighted by Gasteiger charge is 2.00. The molecule has 0 aliphatic rings. The van der Waals surface area contributed by atoms with Crippen LogP contribution in [0.5, 0.6) is 11.5 Å². The molecule has 2 aromatic carbocycles. The average Bonchev–Trinajstić information content (AvgIpc) is 2.67. The predicted molar refractivity (Wildman–Crippen MR) is 115 cm³/mol. The molecule has 3 heteroatoms. The van der Waals surface area contributed by atoms with Crippen molar-refractivity contribution in [1.82, 2.24) is 0 Å². The summed E-state index contributed by atoms with van der Waals surface area (Å²) in [6, 6.07) is 16.5. The lowest BCUT2D eigenvalue weighted by molar-refractivity contribution is 0.289. The number of unbranched alkanes of at least 4 members (excludes halogenated alkanes) is 3. The molecule has 148 valence electrons. The zero-order chi connectivity index (χ0) is 19.3. The van der Waals surface area contributed by atoms with E-state index in [0.29, 0.717) is 5.92 Å². The minimum absolute atomic E-state index is 0.662. The largest absolute Gasteiger partial charge is 0.494 e. The molecule has 3 nitrogen and oxygen atoms in total. The van der Waals surface area contributed by atoms with Gasteiger partial charge in [0.2, 0.25) is 0 Å². The quantitative estimate of drug-likeness (QED) is 0.399. The van der Waals surface area contributed by atoms with E-state index >= 15 is 0 Å². The maximum atomic E-state index is 5.83. The second kappa shape index (κ2) is 12.3. The fourth-order valence-electron chi connectivity index (χ4n) is 2.73. The Kier molecular flexibility index (Phi) is 9.61. The molecule has 27 heavy (non-hydrogen) atoms. The van der Waals surface area contributed by atoms with Crippen LogP contribution >= 0.6 is 0 Å². The van der Waals surface area contributed by atoms with Gasteiger partial charge in [-0.15, -0.1) is 0 Å². The van der Waals surface area contributed by atoms with Crippen molar-refractivity contribution >= 4 is 5.69 Å². The summed E-state index contributed by atoms with van der Waals surface area (Å²) in [5.74, 6) is 2.54. The third-order valence-electron chi connectivity index (χ3n) is 4.48. The minimum Gasteiger partial charge on any atom is -0.494 e. The molecule has 0 saturated carbocycles. The van der Waals surface area contributed by atoms with Gasteiger partial charge in [0.25, 0.3) is 0 Å². The summed E-state index contributed by atoms with van der Waals surface area (Å²) in [5.41, 5.74) is 2.31. The lowest BCUT2D eigenvalue weighted by atomic mass is 10.1. The van der Waals surface area contributed by atoms with Crippen molar-refractivity contribution in [2.24, 2.45) is 5.92 Å². The van der Waals surface area contributed by atoms with E-state index in [4.69, 9.17) is 9.47 Å². The summed E-state index contributed by atoms with van der Waals surface area (Å²) in [6.45, 7) is 9.01. The fourth-order valence-corrected chi connectivity index (χ4v) is 2.73. The Balaban J connectivity index is 1.74. The van der Waals surface area contributed by atoms with Gasteiger partial charge in [0.1, 0.15) is 11.5 Å². The lowest BCUT2D eigenvalue weighted by Gasteiger charge is -2.11. The predicted octanol–water partition coefficient (Wildman–Crippen LogP) is 6.68. The van der Waals surface area contributed by atoms with Crippen LogP contribution in [-0.2, 0) is 6.54 Å². The average molecular weight is 370 g/mol. The van der Waals surface area contributed by atoms with Crippen molar-refractivity contribution in [2.45, 2.75) is 59.4 Å². The number of hydrogen-bond acceptors (Lipinski definition) is 3. The summed E-state index contributed by atoms with van der Waals surface area (Å²) in [4.78, 5) is 0. The summed E-state index contributed by atoms with van der Waals surface area (Å²) in [7, 11) is 0. The molecule has 0 unspecified atom stereocenters. The van der Waals surface area contributed by atoms with Crippen LogP contribution in [0, 0.1) is 5.92 Å². The normalized spacial score (nSPS) is 10.8. The van der Waals surface area contributed by atoms with Gasteiger partial charge in [-0.25, -0.2) is 0 Å². The molecular weight excluding hydrogens is 334 g/mol. The second-order valence-electron chi connectivity index (χ2n) is 7.47. The van der Waals surface area contributed by atoms with Gasteiger partial charge in [0, 0.05) is 18.3 Å². The third-order valence-corrected chi connectivity index (χ3v) is 4.48. The Morgan fingerprint density at radius 1 is 0.852 bits per heavy atom. The molecule has 2 rings (SSSR count). The molecule has 0 heterocycles. The molecule has 0 fully saturated rings. The van der Waals surface area contributed by atoms with Crippen molar-refractivity contribution in [3.05, 3.63) is 54.1 Å². The van der Waals surface area contributed by atoms with Crippen LogP contribution < -0.4 is 14.8 Å². The van der Waals surface area contributed by atoms with Crippen molar-refractivity contribution in [3.8, 4) is 11.5 Å². The maximum Gasteiger partial charge on any atom is 0.121 e. The van der Waals surface area contributed by atoms with Gasteiger partial charge in [0.15, 0.2) is 0 Å². The third kappa shape index (κ3) is 8.85. The van der Waals surface area contributed by atoms with Crippen LogP contribution in [0.25, 0.3) is 0 Å². The molecule has 0 aliphatic carbocycles. The molecule has 0 amide bonds. The fraction of sp³-hybridized carbons (Fsp3) is 0.500. The SMILES string of the molecule is CCCCCCOc1ccc(CNc2cccc(OCCC(C)C)c2)cc1. The molecule has 0 spiro atoms. The van der Waals surface area contributed by atoms with Gasteiger partial charge in [-0.1, -0.05) is 58.2 Å². The number of hydrogen-bond donors (Lipinski definition) is 1. The molecule has 0 radical (unpaired) electrons. The van der Waals surface area contributed by atoms with E-state index < -0.39 is 0 Å². The first-order valence-corrected chi connectivity index (χ1v) is 10.4. The highest BCUT2D eigenvalue weighted by molar-refractivity contribution is 5.48. The van der Waals surface area contributed by atoms with E-state index in [2.05, 4.69) is 62.5 Å². The van der Waals surface area contributed by atoms with Crippen LogP contribution in [0.2, 0.25) is 0 Å². The summed E-state index contributed by atoms with van der Waals surface area (Å²) in [6.07, 6.45) is 6.00. The van der Waals surface area contributed by atoms with Gasteiger partial charge in [-0.05, 0) is 48.6 Å². The zero-order valence-corrected chi connectivity index (χ0v) is 17.2. The molecule has 0 aliphatic heterocycles. The van der Waals surface area contributed by atoms with Crippen molar-refractivity contribution in [3.63, 3.8) is 0 Å². The standard InChI is InChI=1S/C24H35NO2/c1-4-5-6-7-16-26-23-13-11-21(12-14-23)19-25-22-9-8-10-24(18-22)27-17-15-20(2)3/h8-14,18,20,25H,4-7,15-17,19H2,1-3H3. The van der Waals surface area contributed by atoms with Gasteiger partial charge < -0.3 is 14.8 Å². The van der Waals surface area contributed by atoms with Crippen LogP contribution in [0.4, 0.5) is 5.69 Å². The molecule has 0 saturated heterocycles. The van der Waals surface area contributed by atoms with Gasteiger partial charge in [-0.2, -0.15) is 0 Å². The van der Waals surface area contributed by atoms with E-state index in [9.17, 15) is 0 Å². The molecule has 0 aromatic heterocycles. The number of anilines is 1. The summed E-state index contributed by atoms with van der Waals surface area (Å²) < 4.78 is 11.6. The van der Waals surface area contributed by atoms with Crippen LogP contribution in [0.1, 0.15) is 58.4 Å². The van der Waals surface area contributed by atoms with E-state index in [0.717, 1.165) is 49.8 Å². The Morgan fingerprint density at radius 2 is 1.63 bits per heavy atom. The number of benzene rings is 2. The zero-order valence-electron chi connectivity index (χ0n) is 17.2. The van der Waals surface area contributed by atoms with E-state index in [-0.39, 0.29) is 0 Å². The smallest absolute Gasteiger partial charge is 0.121 e. The Hall–Kier alpha value is -2.16. The van der Waals surface area contributed by atoms with Crippen molar-refractivity contribution in [2.75, 3.05) is 18.5 Å². The Bertz CT molecular complexity index is 637. The van der Waals surface area contributed by atoms with Gasteiger partial charge in [-0.3, -0.25) is 0 Å². The van der Waals surface area contributed by atoms with Gasteiger partial charge in [0.05, 0.1) is 13.2 Å². The molecule has 1 N–H and O–H groups in total. The first-order chi connectivity index (χ1) is 13.2. The minimum atomic E-state index is 0.662. The van der Waals surface area contributed by atoms with Crippen molar-refractivity contribution < 1.29 is 9.47 Å². The monoisotopic (exact) mass is 369 g/mol. The maximum absolute atomic E-state index is 5.83. The summed E-state index contributed by atoms with van der Waals surface area (Å²) >= 11 is 0. The van der Waals surface area contributed by atoms with E-state index in [1.807, 2.05) is 12.1 Å². The van der Waals surface area contributed by atoms with Crippen LogP contribution in [0.3, 0.4) is 0 Å². The number of nitrogens with one attached hydrogen (secondary N) is 1. The highest BCUT2D eigenvalue weighted by Crippen LogP contribution is 2.19. The molecule has 2 aromatic rings. The second-order valence-corrected chi connectivity index (χ2v) is 7.47. The Morgan fingerprint density at radius 3 is 2.37 bits per heavy atom. The molecular formula is C24H35NO2. The lowest BCUT2D eigenvalue weighted by Crippen LogP contribution is -2.03.